The summed E-state index contributed by atoms with van der Waals surface area (Å²) < 4.78 is 31.6. The maximum atomic E-state index is 12.3. The lowest BCUT2D eigenvalue weighted by Crippen LogP contribution is -2.49. The molecule has 0 aliphatic rings. The van der Waals surface area contributed by atoms with Crippen LogP contribution in [0.5, 0.6) is 0 Å². The van der Waals surface area contributed by atoms with Gasteiger partial charge in [-0.05, 0) is 25.8 Å². The van der Waals surface area contributed by atoms with Crippen LogP contribution in [-0.2, 0) is 21.2 Å². The molecule has 2 aromatic rings. The summed E-state index contributed by atoms with van der Waals surface area (Å²) in [5, 5.41) is 14.8. The molecule has 0 saturated heterocycles. The van der Waals surface area contributed by atoms with E-state index < -0.39 is 22.0 Å². The highest BCUT2D eigenvalue weighted by Crippen LogP contribution is 2.19. The van der Waals surface area contributed by atoms with Crippen LogP contribution in [0.1, 0.15) is 17.0 Å². The molecule has 1 N–H and O–H groups in total. The number of sulfonamides is 1. The van der Waals surface area contributed by atoms with E-state index in [1.807, 2.05) is 0 Å². The first kappa shape index (κ1) is 16.2. The van der Waals surface area contributed by atoms with E-state index in [-0.39, 0.29) is 22.8 Å². The number of nitrogens with zero attached hydrogens (tertiary/aromatic N) is 1. The third-order valence-electron chi connectivity index (χ3n) is 3.10. The van der Waals surface area contributed by atoms with Crippen LogP contribution < -0.4 is 9.83 Å². The molecule has 0 spiro atoms. The molecule has 0 fully saturated rings. The monoisotopic (exact) mass is 323 g/mol. The number of carboxylic acids is 1. The first-order valence-corrected chi connectivity index (χ1v) is 7.99. The van der Waals surface area contributed by atoms with E-state index in [1.54, 1.807) is 30.3 Å². The number of aromatic nitrogens is 1. The lowest BCUT2D eigenvalue weighted by molar-refractivity contribution is -0.307. The van der Waals surface area contributed by atoms with Crippen LogP contribution in [-0.4, -0.2) is 25.6 Å². The van der Waals surface area contributed by atoms with Crippen molar-refractivity contribution in [1.29, 1.82) is 0 Å². The molecule has 0 amide bonds. The van der Waals surface area contributed by atoms with Crippen LogP contribution >= 0.6 is 0 Å². The fourth-order valence-electron chi connectivity index (χ4n) is 2.13. The van der Waals surface area contributed by atoms with Crippen molar-refractivity contribution in [3.8, 4) is 0 Å². The van der Waals surface area contributed by atoms with Gasteiger partial charge in [-0.3, -0.25) is 0 Å². The summed E-state index contributed by atoms with van der Waals surface area (Å²) in [6.07, 6.45) is -0.0220. The first-order valence-electron chi connectivity index (χ1n) is 6.51. The summed E-state index contributed by atoms with van der Waals surface area (Å²) in [5.41, 5.74) is 0.847. The lowest BCUT2D eigenvalue weighted by Gasteiger charge is -2.19. The molecular formula is C14H15N2O5S-. The van der Waals surface area contributed by atoms with E-state index in [9.17, 15) is 18.3 Å². The minimum Gasteiger partial charge on any atom is -0.548 e. The summed E-state index contributed by atoms with van der Waals surface area (Å²) >= 11 is 0. The summed E-state index contributed by atoms with van der Waals surface area (Å²) in [6.45, 7) is 2.91. The number of aryl methyl sites for hydroxylation is 2. The Morgan fingerprint density at radius 1 is 1.32 bits per heavy atom. The van der Waals surface area contributed by atoms with Gasteiger partial charge in [0.25, 0.3) is 0 Å². The molecule has 1 aromatic heterocycles. The van der Waals surface area contributed by atoms with Gasteiger partial charge in [0.05, 0.1) is 12.0 Å². The molecule has 0 aliphatic heterocycles. The molecular weight excluding hydrogens is 308 g/mol. The highest BCUT2D eigenvalue weighted by atomic mass is 32.2. The largest absolute Gasteiger partial charge is 0.548 e. The van der Waals surface area contributed by atoms with Gasteiger partial charge in [-0.15, -0.1) is 0 Å². The van der Waals surface area contributed by atoms with Crippen LogP contribution in [0.4, 0.5) is 0 Å². The third-order valence-corrected chi connectivity index (χ3v) is 4.82. The third kappa shape index (κ3) is 3.52. The number of aliphatic carboxylic acids is 1. The number of benzene rings is 1. The van der Waals surface area contributed by atoms with Gasteiger partial charge < -0.3 is 14.4 Å². The second-order valence-electron chi connectivity index (χ2n) is 4.84. The second kappa shape index (κ2) is 6.29. The van der Waals surface area contributed by atoms with Gasteiger partial charge in [0, 0.05) is 0 Å². The van der Waals surface area contributed by atoms with Crippen molar-refractivity contribution in [3.63, 3.8) is 0 Å². The Labute approximate surface area is 128 Å². The number of carbonyl (C=O) groups is 1. The van der Waals surface area contributed by atoms with Gasteiger partial charge in [0.15, 0.2) is 5.76 Å². The van der Waals surface area contributed by atoms with Crippen LogP contribution in [0.15, 0.2) is 39.8 Å². The number of nitrogens with one attached hydrogen (secondary N) is 1. The Balaban J connectivity index is 2.26. The van der Waals surface area contributed by atoms with Crippen molar-refractivity contribution in [1.82, 2.24) is 9.88 Å². The first-order chi connectivity index (χ1) is 10.3. The highest BCUT2D eigenvalue weighted by molar-refractivity contribution is 7.89. The Hall–Kier alpha value is -2.19. The van der Waals surface area contributed by atoms with Crippen molar-refractivity contribution < 1.29 is 22.8 Å². The van der Waals surface area contributed by atoms with Crippen LogP contribution in [0.3, 0.4) is 0 Å². The van der Waals surface area contributed by atoms with E-state index in [0.29, 0.717) is 5.56 Å². The normalized spacial score (nSPS) is 13.0. The molecule has 0 bridgehead atoms. The molecule has 1 heterocycles. The number of carboxylic acid groups (broad SMARTS) is 1. The molecule has 118 valence electrons. The van der Waals surface area contributed by atoms with Crippen LogP contribution in [0.25, 0.3) is 0 Å². The van der Waals surface area contributed by atoms with E-state index in [2.05, 4.69) is 9.88 Å². The predicted molar refractivity (Wildman–Crippen MR) is 75.2 cm³/mol. The van der Waals surface area contributed by atoms with E-state index in [1.165, 1.54) is 13.8 Å². The van der Waals surface area contributed by atoms with E-state index in [0.717, 1.165) is 0 Å². The van der Waals surface area contributed by atoms with Gasteiger partial charge in [-0.25, -0.2) is 13.1 Å². The van der Waals surface area contributed by atoms with Gasteiger partial charge in [0.1, 0.15) is 10.6 Å². The van der Waals surface area contributed by atoms with Crippen molar-refractivity contribution >= 4 is 16.0 Å². The standard InChI is InChI=1S/C14H16N2O5S/c1-9-13(10(2)21-15-9)22(19,20)16-12(14(17)18)8-11-6-4-3-5-7-11/h3-7,12,16H,8H2,1-2H3,(H,17,18)/p-1/t12-/m1/s1. The molecule has 0 radical (unpaired) electrons. The summed E-state index contributed by atoms with van der Waals surface area (Å²) in [7, 11) is -4.07. The quantitative estimate of drug-likeness (QED) is 0.796. The smallest absolute Gasteiger partial charge is 0.246 e. The van der Waals surface area contributed by atoms with Crippen molar-refractivity contribution in [2.75, 3.05) is 0 Å². The van der Waals surface area contributed by atoms with Gasteiger partial charge >= 0.3 is 0 Å². The highest BCUT2D eigenvalue weighted by Gasteiger charge is 2.27. The predicted octanol–water partition coefficient (Wildman–Crippen LogP) is -0.0691. The maximum Gasteiger partial charge on any atom is 0.246 e. The van der Waals surface area contributed by atoms with Crippen molar-refractivity contribution in [2.45, 2.75) is 31.2 Å². The molecule has 22 heavy (non-hydrogen) atoms. The molecule has 0 saturated carbocycles. The summed E-state index contributed by atoms with van der Waals surface area (Å²) in [5.74, 6) is -1.40. The number of carbonyl (C=O) groups excluding carboxylic acids is 1. The van der Waals surface area contributed by atoms with E-state index >= 15 is 0 Å². The zero-order valence-corrected chi connectivity index (χ0v) is 12.9. The summed E-state index contributed by atoms with van der Waals surface area (Å²) in [4.78, 5) is 11.1. The molecule has 0 unspecified atom stereocenters. The average Bonchev–Trinajstić information content (AvgIpc) is 2.79. The average molecular weight is 323 g/mol. The fraction of sp³-hybridized carbons (Fsp3) is 0.286. The molecule has 1 atom stereocenters. The number of hydrogen-bond acceptors (Lipinski definition) is 6. The molecule has 8 heteroatoms. The Bertz CT molecular complexity index is 748. The van der Waals surface area contributed by atoms with Crippen molar-refractivity contribution in [2.24, 2.45) is 0 Å². The van der Waals surface area contributed by atoms with Crippen LogP contribution in [0, 0.1) is 13.8 Å². The van der Waals surface area contributed by atoms with Crippen molar-refractivity contribution in [3.05, 3.63) is 47.3 Å². The second-order valence-corrected chi connectivity index (χ2v) is 6.49. The van der Waals surface area contributed by atoms with Crippen LogP contribution in [0.2, 0.25) is 0 Å². The summed E-state index contributed by atoms with van der Waals surface area (Å²) in [6, 6.07) is 7.29. The minimum atomic E-state index is -4.07. The molecule has 2 rings (SSSR count). The molecule has 1 aromatic carbocycles. The zero-order valence-electron chi connectivity index (χ0n) is 12.1. The van der Waals surface area contributed by atoms with Gasteiger partial charge in [0.2, 0.25) is 10.0 Å². The maximum absolute atomic E-state index is 12.3. The SMILES string of the molecule is Cc1noc(C)c1S(=O)(=O)N[C@H](Cc1ccccc1)C(=O)[O-]. The Kier molecular flexibility index (Phi) is 4.62. The number of hydrogen-bond donors (Lipinski definition) is 1. The Morgan fingerprint density at radius 2 is 1.95 bits per heavy atom. The fourth-order valence-corrected chi connectivity index (χ4v) is 3.64. The van der Waals surface area contributed by atoms with Gasteiger partial charge in [-0.1, -0.05) is 35.5 Å². The number of rotatable bonds is 6. The zero-order chi connectivity index (χ0) is 16.3. The molecule has 0 aliphatic carbocycles. The van der Waals surface area contributed by atoms with Gasteiger partial charge in [-0.2, -0.15) is 0 Å². The van der Waals surface area contributed by atoms with E-state index in [4.69, 9.17) is 4.52 Å². The molecule has 7 nitrogen and oxygen atoms in total. The minimum absolute atomic E-state index is 0.0220. The topological polar surface area (TPSA) is 112 Å². The Morgan fingerprint density at radius 3 is 2.45 bits per heavy atom. The lowest BCUT2D eigenvalue weighted by atomic mass is 10.1.